The second-order valence-electron chi connectivity index (χ2n) is 4.76. The van der Waals surface area contributed by atoms with Crippen LogP contribution in [0.15, 0.2) is 18.2 Å². The van der Waals surface area contributed by atoms with Crippen LogP contribution >= 0.6 is 12.2 Å². The molecule has 19 heavy (non-hydrogen) atoms. The second-order valence-corrected chi connectivity index (χ2v) is 5.20. The molecule has 0 unspecified atom stereocenters. The summed E-state index contributed by atoms with van der Waals surface area (Å²) in [5, 5.41) is 0. The normalized spacial score (nSPS) is 15.6. The molecule has 1 aliphatic rings. The molecule has 2 N–H and O–H groups in total. The van der Waals surface area contributed by atoms with Crippen molar-refractivity contribution in [2.75, 3.05) is 26.2 Å². The van der Waals surface area contributed by atoms with Gasteiger partial charge < -0.3 is 15.4 Å². The highest BCUT2D eigenvalue weighted by Gasteiger charge is 2.11. The third kappa shape index (κ3) is 4.14. The lowest BCUT2D eigenvalue weighted by Gasteiger charge is -2.14. The Kier molecular flexibility index (Phi) is 5.10. The van der Waals surface area contributed by atoms with Gasteiger partial charge in [-0.25, -0.2) is 4.39 Å². The first kappa shape index (κ1) is 14.2. The Morgan fingerprint density at radius 2 is 2.11 bits per heavy atom. The number of hydrogen-bond acceptors (Lipinski definition) is 3. The standard InChI is InChI=1S/C14H19FN2OS/c15-12-10-11(14(16)19)4-5-13(12)18-9-3-8-17-6-1-2-7-17/h4-5,10H,1-3,6-9H2,(H2,16,19). The molecule has 5 heteroatoms. The van der Waals surface area contributed by atoms with Crippen molar-refractivity contribution in [1.29, 1.82) is 0 Å². The van der Waals surface area contributed by atoms with Crippen LogP contribution in [-0.4, -0.2) is 36.1 Å². The molecule has 0 saturated carbocycles. The number of nitrogens with zero attached hydrogens (tertiary/aromatic N) is 1. The van der Waals surface area contributed by atoms with Gasteiger partial charge in [0, 0.05) is 12.1 Å². The van der Waals surface area contributed by atoms with Crippen LogP contribution in [0.1, 0.15) is 24.8 Å². The molecule has 104 valence electrons. The van der Waals surface area contributed by atoms with Gasteiger partial charge in [0.15, 0.2) is 11.6 Å². The third-order valence-corrected chi connectivity index (χ3v) is 3.53. The minimum atomic E-state index is -0.411. The van der Waals surface area contributed by atoms with Crippen LogP contribution in [0.5, 0.6) is 5.75 Å². The maximum atomic E-state index is 13.7. The molecule has 1 fully saturated rings. The number of benzene rings is 1. The summed E-state index contributed by atoms with van der Waals surface area (Å²) in [5.41, 5.74) is 5.97. The zero-order valence-electron chi connectivity index (χ0n) is 10.9. The number of nitrogens with two attached hydrogens (primary N) is 1. The van der Waals surface area contributed by atoms with Crippen LogP contribution in [0.2, 0.25) is 0 Å². The lowest BCUT2D eigenvalue weighted by atomic mass is 10.2. The van der Waals surface area contributed by atoms with Crippen molar-refractivity contribution in [3.8, 4) is 5.75 Å². The highest BCUT2D eigenvalue weighted by molar-refractivity contribution is 7.80. The predicted octanol–water partition coefficient (Wildman–Crippen LogP) is 2.32. The lowest BCUT2D eigenvalue weighted by Crippen LogP contribution is -2.22. The van der Waals surface area contributed by atoms with Gasteiger partial charge in [-0.15, -0.1) is 0 Å². The van der Waals surface area contributed by atoms with Crippen molar-refractivity contribution in [3.63, 3.8) is 0 Å². The summed E-state index contributed by atoms with van der Waals surface area (Å²) in [7, 11) is 0. The molecule has 0 radical (unpaired) electrons. The van der Waals surface area contributed by atoms with E-state index in [2.05, 4.69) is 4.90 Å². The molecule has 1 aromatic carbocycles. The zero-order valence-corrected chi connectivity index (χ0v) is 11.7. The van der Waals surface area contributed by atoms with E-state index in [1.54, 1.807) is 12.1 Å². The smallest absolute Gasteiger partial charge is 0.165 e. The molecule has 1 aliphatic heterocycles. The first-order valence-electron chi connectivity index (χ1n) is 6.61. The molecule has 1 heterocycles. The largest absolute Gasteiger partial charge is 0.490 e. The molecule has 0 bridgehead atoms. The molecule has 0 atom stereocenters. The summed E-state index contributed by atoms with van der Waals surface area (Å²) in [6, 6.07) is 4.58. The van der Waals surface area contributed by atoms with Crippen molar-refractivity contribution in [2.45, 2.75) is 19.3 Å². The average Bonchev–Trinajstić information content (AvgIpc) is 2.89. The van der Waals surface area contributed by atoms with Gasteiger partial charge in [0.1, 0.15) is 4.99 Å². The van der Waals surface area contributed by atoms with E-state index in [0.717, 1.165) is 13.0 Å². The molecule has 0 amide bonds. The summed E-state index contributed by atoms with van der Waals surface area (Å²) in [5.74, 6) is -0.145. The summed E-state index contributed by atoms with van der Waals surface area (Å²) in [6.45, 7) is 3.90. The second kappa shape index (κ2) is 6.82. The lowest BCUT2D eigenvalue weighted by molar-refractivity contribution is 0.256. The molecule has 0 spiro atoms. The summed E-state index contributed by atoms with van der Waals surface area (Å²) < 4.78 is 19.1. The molecule has 2 rings (SSSR count). The summed E-state index contributed by atoms with van der Waals surface area (Å²) in [4.78, 5) is 2.61. The van der Waals surface area contributed by atoms with Crippen LogP contribution in [-0.2, 0) is 0 Å². The van der Waals surface area contributed by atoms with E-state index in [9.17, 15) is 4.39 Å². The first-order chi connectivity index (χ1) is 9.16. The molecule has 1 saturated heterocycles. The Balaban J connectivity index is 1.77. The first-order valence-corrected chi connectivity index (χ1v) is 7.02. The highest BCUT2D eigenvalue weighted by Crippen LogP contribution is 2.18. The van der Waals surface area contributed by atoms with E-state index < -0.39 is 5.82 Å². The van der Waals surface area contributed by atoms with E-state index in [4.69, 9.17) is 22.7 Å². The highest BCUT2D eigenvalue weighted by atomic mass is 32.1. The quantitative estimate of drug-likeness (QED) is 0.642. The van der Waals surface area contributed by atoms with Gasteiger partial charge in [0.2, 0.25) is 0 Å². The molecule has 0 aromatic heterocycles. The van der Waals surface area contributed by atoms with Crippen molar-refractivity contribution in [1.82, 2.24) is 4.90 Å². The number of rotatable bonds is 6. The van der Waals surface area contributed by atoms with Crippen LogP contribution in [0.25, 0.3) is 0 Å². The Bertz CT molecular complexity index is 447. The fourth-order valence-corrected chi connectivity index (χ4v) is 2.37. The Morgan fingerprint density at radius 1 is 1.37 bits per heavy atom. The Hall–Kier alpha value is -1.20. The van der Waals surface area contributed by atoms with Crippen LogP contribution in [0.4, 0.5) is 4.39 Å². The SMILES string of the molecule is NC(=S)c1ccc(OCCCN2CCCC2)c(F)c1. The van der Waals surface area contributed by atoms with E-state index in [1.165, 1.54) is 32.0 Å². The number of halogens is 1. The van der Waals surface area contributed by atoms with Gasteiger partial charge in [0.05, 0.1) is 6.61 Å². The third-order valence-electron chi connectivity index (χ3n) is 3.29. The van der Waals surface area contributed by atoms with Crippen LogP contribution in [0.3, 0.4) is 0 Å². The van der Waals surface area contributed by atoms with Crippen molar-refractivity contribution >= 4 is 17.2 Å². The zero-order chi connectivity index (χ0) is 13.7. The van der Waals surface area contributed by atoms with Crippen molar-refractivity contribution in [2.24, 2.45) is 5.73 Å². The van der Waals surface area contributed by atoms with E-state index in [1.807, 2.05) is 0 Å². The van der Waals surface area contributed by atoms with Gasteiger partial charge in [-0.05, 0) is 50.6 Å². The molecular weight excluding hydrogens is 263 g/mol. The van der Waals surface area contributed by atoms with Crippen molar-refractivity contribution < 1.29 is 9.13 Å². The predicted molar refractivity (Wildman–Crippen MR) is 78.1 cm³/mol. The minimum Gasteiger partial charge on any atom is -0.490 e. The van der Waals surface area contributed by atoms with Crippen LogP contribution in [0, 0.1) is 5.82 Å². The van der Waals surface area contributed by atoms with Gasteiger partial charge in [0.25, 0.3) is 0 Å². The fraction of sp³-hybridized carbons (Fsp3) is 0.500. The Labute approximate surface area is 118 Å². The topological polar surface area (TPSA) is 38.5 Å². The van der Waals surface area contributed by atoms with Gasteiger partial charge >= 0.3 is 0 Å². The van der Waals surface area contributed by atoms with Gasteiger partial charge in [-0.1, -0.05) is 12.2 Å². The fourth-order valence-electron chi connectivity index (χ4n) is 2.25. The van der Waals surface area contributed by atoms with E-state index >= 15 is 0 Å². The molecule has 3 nitrogen and oxygen atoms in total. The number of likely N-dealkylation sites (tertiary alicyclic amines) is 1. The number of thiocarbonyl (C=S) groups is 1. The summed E-state index contributed by atoms with van der Waals surface area (Å²) >= 11 is 4.80. The van der Waals surface area contributed by atoms with E-state index in [0.29, 0.717) is 12.2 Å². The maximum absolute atomic E-state index is 13.7. The number of ether oxygens (including phenoxy) is 1. The summed E-state index contributed by atoms with van der Waals surface area (Å²) in [6.07, 6.45) is 3.49. The molecule has 0 aliphatic carbocycles. The molecule has 1 aromatic rings. The Morgan fingerprint density at radius 3 is 2.74 bits per heavy atom. The molecular formula is C14H19FN2OS. The van der Waals surface area contributed by atoms with E-state index in [-0.39, 0.29) is 10.7 Å². The van der Waals surface area contributed by atoms with Gasteiger partial charge in [-0.2, -0.15) is 0 Å². The minimum absolute atomic E-state index is 0.194. The van der Waals surface area contributed by atoms with Crippen LogP contribution < -0.4 is 10.5 Å². The number of hydrogen-bond donors (Lipinski definition) is 1. The average molecular weight is 282 g/mol. The maximum Gasteiger partial charge on any atom is 0.165 e. The monoisotopic (exact) mass is 282 g/mol. The van der Waals surface area contributed by atoms with Crippen molar-refractivity contribution in [3.05, 3.63) is 29.6 Å². The van der Waals surface area contributed by atoms with Gasteiger partial charge in [-0.3, -0.25) is 0 Å².